The molecule has 0 saturated carbocycles. The van der Waals surface area contributed by atoms with Crippen LogP contribution in [0.4, 0.5) is 0 Å². The molecule has 0 unspecified atom stereocenters. The maximum Gasteiger partial charge on any atom is 0.336 e. The van der Waals surface area contributed by atoms with Gasteiger partial charge in [0.25, 0.3) is 0 Å². The molecule has 0 N–H and O–H groups in total. The Morgan fingerprint density at radius 3 is 2.57 bits per heavy atom. The Hall–Kier alpha value is -2.55. The third-order valence-corrected chi connectivity index (χ3v) is 3.27. The second-order valence-corrected chi connectivity index (χ2v) is 5.34. The Labute approximate surface area is 137 Å². The van der Waals surface area contributed by atoms with E-state index in [0.717, 1.165) is 36.3 Å². The summed E-state index contributed by atoms with van der Waals surface area (Å²) in [7, 11) is 0. The molecule has 0 amide bonds. The summed E-state index contributed by atoms with van der Waals surface area (Å²) in [6, 6.07) is 15.0. The van der Waals surface area contributed by atoms with Gasteiger partial charge < -0.3 is 9.47 Å². The van der Waals surface area contributed by atoms with Crippen LogP contribution in [-0.4, -0.2) is 12.6 Å². The number of unbranched alkanes of at least 4 members (excludes halogenated alkanes) is 1. The lowest BCUT2D eigenvalue weighted by molar-refractivity contribution is -0.128. The average Bonchev–Trinajstić information content (AvgIpc) is 2.54. The largest absolute Gasteiger partial charge is 0.494 e. The summed E-state index contributed by atoms with van der Waals surface area (Å²) in [6.45, 7) is 4.82. The number of ether oxygens (including phenoxy) is 2. The highest BCUT2D eigenvalue weighted by Crippen LogP contribution is 2.15. The molecule has 2 rings (SSSR count). The van der Waals surface area contributed by atoms with Gasteiger partial charge in [0.15, 0.2) is 0 Å². The van der Waals surface area contributed by atoms with Crippen molar-refractivity contribution in [3.63, 3.8) is 0 Å². The minimum Gasteiger partial charge on any atom is -0.494 e. The number of hydrogen-bond donors (Lipinski definition) is 0. The van der Waals surface area contributed by atoms with E-state index >= 15 is 0 Å². The van der Waals surface area contributed by atoms with Gasteiger partial charge in [0.1, 0.15) is 11.5 Å². The summed E-state index contributed by atoms with van der Waals surface area (Å²) in [5.74, 6) is 1.01. The van der Waals surface area contributed by atoms with Crippen molar-refractivity contribution in [2.75, 3.05) is 6.61 Å². The smallest absolute Gasteiger partial charge is 0.336 e. The second kappa shape index (κ2) is 8.79. The number of carbonyl (C=O) groups is 1. The highest BCUT2D eigenvalue weighted by Gasteiger charge is 2.00. The summed E-state index contributed by atoms with van der Waals surface area (Å²) in [4.78, 5) is 11.8. The summed E-state index contributed by atoms with van der Waals surface area (Å²) in [5.41, 5.74) is 1.98. The molecule has 0 saturated heterocycles. The van der Waals surface area contributed by atoms with Crippen LogP contribution < -0.4 is 9.47 Å². The molecular weight excluding hydrogens is 288 g/mol. The first-order chi connectivity index (χ1) is 11.2. The summed E-state index contributed by atoms with van der Waals surface area (Å²) in [5, 5.41) is 0. The van der Waals surface area contributed by atoms with E-state index < -0.39 is 0 Å². The number of hydrogen-bond acceptors (Lipinski definition) is 3. The molecule has 2 aromatic rings. The molecular formula is C20H22O3. The predicted octanol–water partition coefficient (Wildman–Crippen LogP) is 4.79. The fourth-order valence-electron chi connectivity index (χ4n) is 2.00. The average molecular weight is 310 g/mol. The summed E-state index contributed by atoms with van der Waals surface area (Å²) < 4.78 is 10.9. The molecule has 0 spiro atoms. The van der Waals surface area contributed by atoms with E-state index in [4.69, 9.17) is 9.47 Å². The first-order valence-corrected chi connectivity index (χ1v) is 7.87. The van der Waals surface area contributed by atoms with Crippen LogP contribution >= 0.6 is 0 Å². The first kappa shape index (κ1) is 16.8. The fraction of sp³-hybridized carbons (Fsp3) is 0.250. The van der Waals surface area contributed by atoms with Gasteiger partial charge >= 0.3 is 5.97 Å². The molecule has 23 heavy (non-hydrogen) atoms. The van der Waals surface area contributed by atoms with Gasteiger partial charge in [-0.3, -0.25) is 0 Å². The molecule has 0 aliphatic rings. The Morgan fingerprint density at radius 1 is 1.09 bits per heavy atom. The summed E-state index contributed by atoms with van der Waals surface area (Å²) in [6.07, 6.45) is 5.32. The molecule has 0 atom stereocenters. The highest BCUT2D eigenvalue weighted by atomic mass is 16.5. The number of esters is 1. The van der Waals surface area contributed by atoms with Gasteiger partial charge in [-0.2, -0.15) is 0 Å². The quantitative estimate of drug-likeness (QED) is 0.319. The highest BCUT2D eigenvalue weighted by molar-refractivity contribution is 5.88. The van der Waals surface area contributed by atoms with Crippen molar-refractivity contribution in [3.05, 3.63) is 65.7 Å². The Balaban J connectivity index is 1.88. The Kier molecular flexibility index (Phi) is 6.42. The number of benzene rings is 2. The Morgan fingerprint density at radius 2 is 1.87 bits per heavy atom. The molecule has 0 aliphatic carbocycles. The zero-order chi connectivity index (χ0) is 16.5. The number of rotatable bonds is 7. The molecule has 0 radical (unpaired) electrons. The predicted molar refractivity (Wildman–Crippen MR) is 92.7 cm³/mol. The third-order valence-electron chi connectivity index (χ3n) is 3.27. The minimum atomic E-state index is -0.390. The van der Waals surface area contributed by atoms with Crippen molar-refractivity contribution < 1.29 is 14.3 Å². The van der Waals surface area contributed by atoms with E-state index in [-0.39, 0.29) is 5.97 Å². The van der Waals surface area contributed by atoms with Crippen molar-refractivity contribution in [2.24, 2.45) is 0 Å². The van der Waals surface area contributed by atoms with Crippen LogP contribution in [0.1, 0.15) is 30.9 Å². The topological polar surface area (TPSA) is 35.5 Å². The zero-order valence-electron chi connectivity index (χ0n) is 13.6. The molecule has 0 aromatic heterocycles. The van der Waals surface area contributed by atoms with Crippen LogP contribution in [0.3, 0.4) is 0 Å². The SMILES string of the molecule is CCCCOc1ccc(/C=C/C(=O)Oc2cccc(C)c2)cc1. The molecule has 2 aromatic carbocycles. The molecule has 0 aliphatic heterocycles. The van der Waals surface area contributed by atoms with Crippen molar-refractivity contribution in [3.8, 4) is 11.5 Å². The van der Waals surface area contributed by atoms with E-state index in [0.29, 0.717) is 5.75 Å². The molecule has 0 heterocycles. The van der Waals surface area contributed by atoms with E-state index in [1.54, 1.807) is 12.1 Å². The molecule has 3 heteroatoms. The van der Waals surface area contributed by atoms with Gasteiger partial charge in [-0.25, -0.2) is 4.79 Å². The monoisotopic (exact) mass is 310 g/mol. The van der Waals surface area contributed by atoms with Gasteiger partial charge in [0, 0.05) is 6.08 Å². The van der Waals surface area contributed by atoms with Gasteiger partial charge in [0.2, 0.25) is 0 Å². The van der Waals surface area contributed by atoms with Crippen LogP contribution in [0.25, 0.3) is 6.08 Å². The van der Waals surface area contributed by atoms with Crippen molar-refractivity contribution in [1.29, 1.82) is 0 Å². The number of aryl methyl sites for hydroxylation is 1. The standard InChI is InChI=1S/C20H22O3/c1-3-4-14-22-18-11-8-17(9-12-18)10-13-20(21)23-19-7-5-6-16(2)15-19/h5-13,15H,3-4,14H2,1-2H3/b13-10+. The van der Waals surface area contributed by atoms with E-state index in [9.17, 15) is 4.79 Å². The lowest BCUT2D eigenvalue weighted by Crippen LogP contribution is -2.03. The normalized spacial score (nSPS) is 10.7. The van der Waals surface area contributed by atoms with E-state index in [1.165, 1.54) is 6.08 Å². The molecule has 0 fully saturated rings. The van der Waals surface area contributed by atoms with Crippen LogP contribution in [0.15, 0.2) is 54.6 Å². The van der Waals surface area contributed by atoms with Gasteiger partial charge in [0.05, 0.1) is 6.61 Å². The van der Waals surface area contributed by atoms with Gasteiger partial charge in [-0.05, 0) is 54.8 Å². The van der Waals surface area contributed by atoms with Crippen molar-refractivity contribution in [2.45, 2.75) is 26.7 Å². The lowest BCUT2D eigenvalue weighted by Gasteiger charge is -2.05. The zero-order valence-corrected chi connectivity index (χ0v) is 13.6. The van der Waals surface area contributed by atoms with Gasteiger partial charge in [-0.1, -0.05) is 37.6 Å². The van der Waals surface area contributed by atoms with Crippen LogP contribution in [0.5, 0.6) is 11.5 Å². The van der Waals surface area contributed by atoms with Crippen LogP contribution in [0, 0.1) is 6.92 Å². The fourth-order valence-corrected chi connectivity index (χ4v) is 2.00. The molecule has 3 nitrogen and oxygen atoms in total. The van der Waals surface area contributed by atoms with E-state index in [1.807, 2.05) is 49.4 Å². The molecule has 0 bridgehead atoms. The van der Waals surface area contributed by atoms with E-state index in [2.05, 4.69) is 6.92 Å². The summed E-state index contributed by atoms with van der Waals surface area (Å²) >= 11 is 0. The molecule has 120 valence electrons. The van der Waals surface area contributed by atoms with Crippen LogP contribution in [-0.2, 0) is 4.79 Å². The Bertz CT molecular complexity index is 657. The third kappa shape index (κ3) is 5.99. The van der Waals surface area contributed by atoms with Crippen LogP contribution in [0.2, 0.25) is 0 Å². The van der Waals surface area contributed by atoms with Crippen molar-refractivity contribution in [1.82, 2.24) is 0 Å². The maximum atomic E-state index is 11.8. The second-order valence-electron chi connectivity index (χ2n) is 5.34. The lowest BCUT2D eigenvalue weighted by atomic mass is 10.2. The minimum absolute atomic E-state index is 0.390. The number of carbonyl (C=O) groups excluding carboxylic acids is 1. The maximum absolute atomic E-state index is 11.8. The van der Waals surface area contributed by atoms with Gasteiger partial charge in [-0.15, -0.1) is 0 Å². The van der Waals surface area contributed by atoms with Crippen molar-refractivity contribution >= 4 is 12.0 Å². The first-order valence-electron chi connectivity index (χ1n) is 7.87.